The van der Waals surface area contributed by atoms with Crippen LogP contribution in [-0.4, -0.2) is 18.8 Å². The third kappa shape index (κ3) is 3.30. The summed E-state index contributed by atoms with van der Waals surface area (Å²) in [6.45, 7) is 2.84. The highest BCUT2D eigenvalue weighted by molar-refractivity contribution is 7.09. The van der Waals surface area contributed by atoms with Gasteiger partial charge in [-0.05, 0) is 50.0 Å². The first-order valence-corrected chi connectivity index (χ1v) is 7.08. The molecule has 0 aliphatic heterocycles. The van der Waals surface area contributed by atoms with Crippen molar-refractivity contribution in [3.8, 4) is 0 Å². The number of rotatable bonds is 7. The first-order chi connectivity index (χ1) is 7.81. The molecule has 16 heavy (non-hydrogen) atoms. The third-order valence-electron chi connectivity index (χ3n) is 3.17. The average molecular weight is 239 g/mol. The lowest BCUT2D eigenvalue weighted by molar-refractivity contribution is 0.0269. The largest absolute Gasteiger partial charge is 0.377 e. The standard InChI is InChI=1S/C13H21NOS/c1-2-15-13(10-5-6-10)12(14)8-7-11-4-3-9-16-11/h3-4,9-10,12-13H,2,5-8,14H2,1H3. The Morgan fingerprint density at radius 3 is 2.94 bits per heavy atom. The second-order valence-electron chi connectivity index (χ2n) is 4.54. The van der Waals surface area contributed by atoms with Gasteiger partial charge in [-0.3, -0.25) is 0 Å². The molecule has 0 saturated heterocycles. The van der Waals surface area contributed by atoms with Crippen molar-refractivity contribution in [1.82, 2.24) is 0 Å². The summed E-state index contributed by atoms with van der Waals surface area (Å²) < 4.78 is 5.78. The number of thiophene rings is 1. The van der Waals surface area contributed by atoms with Crippen LogP contribution in [0.5, 0.6) is 0 Å². The molecular weight excluding hydrogens is 218 g/mol. The Bertz CT molecular complexity index is 295. The average Bonchev–Trinajstić information content (AvgIpc) is 2.99. The summed E-state index contributed by atoms with van der Waals surface area (Å²) in [5, 5.41) is 2.13. The molecule has 3 heteroatoms. The maximum absolute atomic E-state index is 6.24. The van der Waals surface area contributed by atoms with Crippen LogP contribution in [0.25, 0.3) is 0 Å². The van der Waals surface area contributed by atoms with Crippen molar-refractivity contribution in [2.24, 2.45) is 11.7 Å². The van der Waals surface area contributed by atoms with E-state index in [0.717, 1.165) is 25.4 Å². The minimum Gasteiger partial charge on any atom is -0.377 e. The molecule has 1 aliphatic rings. The summed E-state index contributed by atoms with van der Waals surface area (Å²) in [6.07, 6.45) is 5.04. The fourth-order valence-corrected chi connectivity index (χ4v) is 2.88. The molecule has 0 bridgehead atoms. The van der Waals surface area contributed by atoms with Gasteiger partial charge in [-0.2, -0.15) is 0 Å². The van der Waals surface area contributed by atoms with E-state index in [1.807, 2.05) is 11.3 Å². The van der Waals surface area contributed by atoms with Gasteiger partial charge >= 0.3 is 0 Å². The molecule has 1 aromatic heterocycles. The Kier molecular flexibility index (Phi) is 4.38. The molecule has 1 aromatic rings. The molecule has 2 rings (SSSR count). The minimum absolute atomic E-state index is 0.203. The van der Waals surface area contributed by atoms with Crippen LogP contribution < -0.4 is 5.73 Å². The van der Waals surface area contributed by atoms with E-state index in [4.69, 9.17) is 10.5 Å². The minimum atomic E-state index is 0.203. The molecule has 0 aromatic carbocycles. The molecule has 1 heterocycles. The van der Waals surface area contributed by atoms with Gasteiger partial charge in [-0.15, -0.1) is 11.3 Å². The molecule has 2 unspecified atom stereocenters. The van der Waals surface area contributed by atoms with Crippen molar-refractivity contribution in [2.75, 3.05) is 6.61 Å². The number of nitrogens with two attached hydrogens (primary N) is 1. The molecule has 1 aliphatic carbocycles. The zero-order chi connectivity index (χ0) is 11.4. The molecule has 0 radical (unpaired) electrons. The lowest BCUT2D eigenvalue weighted by Crippen LogP contribution is -2.38. The molecule has 2 N–H and O–H groups in total. The van der Waals surface area contributed by atoms with Gasteiger partial charge < -0.3 is 10.5 Å². The third-order valence-corrected chi connectivity index (χ3v) is 4.11. The highest BCUT2D eigenvalue weighted by Gasteiger charge is 2.35. The Morgan fingerprint density at radius 2 is 2.38 bits per heavy atom. The maximum Gasteiger partial charge on any atom is 0.0753 e. The van der Waals surface area contributed by atoms with Crippen LogP contribution in [0.15, 0.2) is 17.5 Å². The lowest BCUT2D eigenvalue weighted by Gasteiger charge is -2.23. The summed E-state index contributed by atoms with van der Waals surface area (Å²) in [5.74, 6) is 0.735. The molecule has 2 nitrogen and oxygen atoms in total. The zero-order valence-corrected chi connectivity index (χ0v) is 10.7. The molecule has 1 fully saturated rings. The van der Waals surface area contributed by atoms with E-state index in [9.17, 15) is 0 Å². The fourth-order valence-electron chi connectivity index (χ4n) is 2.15. The van der Waals surface area contributed by atoms with E-state index in [2.05, 4.69) is 24.4 Å². The van der Waals surface area contributed by atoms with Gasteiger partial charge in [0, 0.05) is 17.5 Å². The van der Waals surface area contributed by atoms with Gasteiger partial charge in [0.15, 0.2) is 0 Å². The second-order valence-corrected chi connectivity index (χ2v) is 5.57. The fraction of sp³-hybridized carbons (Fsp3) is 0.692. The Labute approximate surface area is 102 Å². The number of aryl methyl sites for hydroxylation is 1. The van der Waals surface area contributed by atoms with Crippen LogP contribution in [0.2, 0.25) is 0 Å². The normalized spacial score (nSPS) is 19.6. The van der Waals surface area contributed by atoms with Gasteiger partial charge in [0.25, 0.3) is 0 Å². The van der Waals surface area contributed by atoms with Gasteiger partial charge in [-0.1, -0.05) is 6.07 Å². The maximum atomic E-state index is 6.24. The van der Waals surface area contributed by atoms with Crippen LogP contribution in [0.1, 0.15) is 31.1 Å². The van der Waals surface area contributed by atoms with Crippen molar-refractivity contribution < 1.29 is 4.74 Å². The van der Waals surface area contributed by atoms with Gasteiger partial charge in [0.05, 0.1) is 6.10 Å². The van der Waals surface area contributed by atoms with Gasteiger partial charge in [-0.25, -0.2) is 0 Å². The molecule has 2 atom stereocenters. The first kappa shape index (κ1) is 12.1. The summed E-state index contributed by atoms with van der Waals surface area (Å²) in [4.78, 5) is 1.43. The first-order valence-electron chi connectivity index (χ1n) is 6.20. The number of hydrogen-bond donors (Lipinski definition) is 1. The van der Waals surface area contributed by atoms with Crippen molar-refractivity contribution in [1.29, 1.82) is 0 Å². The quantitative estimate of drug-likeness (QED) is 0.794. The van der Waals surface area contributed by atoms with Crippen molar-refractivity contribution in [3.05, 3.63) is 22.4 Å². The molecular formula is C13H21NOS. The lowest BCUT2D eigenvalue weighted by atomic mass is 10.0. The van der Waals surface area contributed by atoms with Gasteiger partial charge in [0.1, 0.15) is 0 Å². The summed E-state index contributed by atoms with van der Waals surface area (Å²) in [7, 11) is 0. The topological polar surface area (TPSA) is 35.2 Å². The predicted octanol–water partition coefficient (Wildman–Crippen LogP) is 2.82. The van der Waals surface area contributed by atoms with E-state index >= 15 is 0 Å². The summed E-state index contributed by atoms with van der Waals surface area (Å²) >= 11 is 1.82. The van der Waals surface area contributed by atoms with Gasteiger partial charge in [0.2, 0.25) is 0 Å². The highest BCUT2D eigenvalue weighted by atomic mass is 32.1. The molecule has 1 saturated carbocycles. The summed E-state index contributed by atoms with van der Waals surface area (Å²) in [6, 6.07) is 4.49. The molecule has 0 spiro atoms. The van der Waals surface area contributed by atoms with Crippen LogP contribution in [0.3, 0.4) is 0 Å². The smallest absolute Gasteiger partial charge is 0.0753 e. The number of hydrogen-bond acceptors (Lipinski definition) is 3. The van der Waals surface area contributed by atoms with Crippen molar-refractivity contribution >= 4 is 11.3 Å². The second kappa shape index (κ2) is 5.80. The van der Waals surface area contributed by atoms with E-state index in [1.54, 1.807) is 0 Å². The number of ether oxygens (including phenoxy) is 1. The van der Waals surface area contributed by atoms with Crippen molar-refractivity contribution in [2.45, 2.75) is 44.8 Å². The van der Waals surface area contributed by atoms with Crippen LogP contribution >= 0.6 is 11.3 Å². The van der Waals surface area contributed by atoms with E-state index < -0.39 is 0 Å². The highest BCUT2D eigenvalue weighted by Crippen LogP contribution is 2.36. The van der Waals surface area contributed by atoms with E-state index in [-0.39, 0.29) is 6.04 Å². The summed E-state index contributed by atoms with van der Waals surface area (Å²) in [5.41, 5.74) is 6.24. The Hall–Kier alpha value is -0.380. The Morgan fingerprint density at radius 1 is 1.56 bits per heavy atom. The Balaban J connectivity index is 1.78. The van der Waals surface area contributed by atoms with Crippen molar-refractivity contribution in [3.63, 3.8) is 0 Å². The van der Waals surface area contributed by atoms with Crippen LogP contribution in [0.4, 0.5) is 0 Å². The zero-order valence-electron chi connectivity index (χ0n) is 9.89. The SMILES string of the molecule is CCOC(C(N)CCc1cccs1)C1CC1. The molecule has 0 amide bonds. The van der Waals surface area contributed by atoms with E-state index in [0.29, 0.717) is 6.10 Å². The monoisotopic (exact) mass is 239 g/mol. The van der Waals surface area contributed by atoms with Crippen LogP contribution in [-0.2, 0) is 11.2 Å². The van der Waals surface area contributed by atoms with E-state index in [1.165, 1.54) is 17.7 Å². The predicted molar refractivity (Wildman–Crippen MR) is 68.8 cm³/mol. The van der Waals surface area contributed by atoms with Crippen LogP contribution in [0, 0.1) is 5.92 Å². The molecule has 90 valence electrons.